The molecule has 0 heterocycles. The van der Waals surface area contributed by atoms with Crippen molar-refractivity contribution in [2.75, 3.05) is 13.1 Å². The van der Waals surface area contributed by atoms with Crippen molar-refractivity contribution in [3.63, 3.8) is 0 Å². The summed E-state index contributed by atoms with van der Waals surface area (Å²) in [6, 6.07) is 0.800. The Morgan fingerprint density at radius 2 is 2.30 bits per heavy atom. The number of nitrogens with two attached hydrogens (primary N) is 1. The van der Waals surface area contributed by atoms with E-state index in [2.05, 4.69) is 19.2 Å². The van der Waals surface area contributed by atoms with E-state index >= 15 is 0 Å². The van der Waals surface area contributed by atoms with Crippen LogP contribution in [0.4, 0.5) is 0 Å². The Bertz CT molecular complexity index is 99.4. The highest BCUT2D eigenvalue weighted by Crippen LogP contribution is 2.28. The van der Waals surface area contributed by atoms with Crippen molar-refractivity contribution in [2.45, 2.75) is 26.3 Å². The highest BCUT2D eigenvalue weighted by atomic mass is 15.0. The van der Waals surface area contributed by atoms with E-state index < -0.39 is 0 Å². The summed E-state index contributed by atoms with van der Waals surface area (Å²) >= 11 is 0. The molecule has 3 unspecified atom stereocenters. The van der Waals surface area contributed by atoms with Crippen LogP contribution in [0.3, 0.4) is 0 Å². The van der Waals surface area contributed by atoms with Gasteiger partial charge in [-0.2, -0.15) is 0 Å². The Kier molecular flexibility index (Phi) is 2.69. The molecule has 60 valence electrons. The molecule has 0 spiro atoms. The van der Waals surface area contributed by atoms with Gasteiger partial charge in [0.2, 0.25) is 0 Å². The van der Waals surface area contributed by atoms with Crippen LogP contribution in [-0.4, -0.2) is 19.1 Å². The molecule has 1 fully saturated rings. The molecule has 1 aliphatic rings. The summed E-state index contributed by atoms with van der Waals surface area (Å²) in [5.74, 6) is 1.54. The normalized spacial score (nSPS) is 33.9. The standard InChI is InChI=1S/C8H18N2/c1-6(4-9)5-10-8-3-7(8)2/h6-8,10H,3-5,9H2,1-2H3. The van der Waals surface area contributed by atoms with Gasteiger partial charge in [-0.3, -0.25) is 0 Å². The minimum Gasteiger partial charge on any atom is -0.330 e. The van der Waals surface area contributed by atoms with Gasteiger partial charge < -0.3 is 11.1 Å². The quantitative estimate of drug-likeness (QED) is 0.602. The van der Waals surface area contributed by atoms with Gasteiger partial charge in [0, 0.05) is 6.04 Å². The molecule has 0 amide bonds. The number of nitrogens with one attached hydrogen (secondary N) is 1. The maximum absolute atomic E-state index is 5.47. The molecule has 1 rings (SSSR count). The Labute approximate surface area is 63.2 Å². The first-order chi connectivity index (χ1) is 4.74. The second kappa shape index (κ2) is 3.35. The average molecular weight is 142 g/mol. The van der Waals surface area contributed by atoms with Crippen LogP contribution in [0.1, 0.15) is 20.3 Å². The molecule has 0 radical (unpaired) electrons. The van der Waals surface area contributed by atoms with Crippen molar-refractivity contribution in [1.29, 1.82) is 0 Å². The topological polar surface area (TPSA) is 38.0 Å². The monoisotopic (exact) mass is 142 g/mol. The molecule has 2 nitrogen and oxygen atoms in total. The van der Waals surface area contributed by atoms with E-state index in [9.17, 15) is 0 Å². The van der Waals surface area contributed by atoms with Crippen molar-refractivity contribution in [3.05, 3.63) is 0 Å². The predicted molar refractivity (Wildman–Crippen MR) is 43.8 cm³/mol. The van der Waals surface area contributed by atoms with Gasteiger partial charge in [-0.05, 0) is 31.3 Å². The van der Waals surface area contributed by atoms with Crippen LogP contribution < -0.4 is 11.1 Å². The molecule has 0 aromatic rings. The van der Waals surface area contributed by atoms with E-state index in [-0.39, 0.29) is 0 Å². The van der Waals surface area contributed by atoms with Gasteiger partial charge >= 0.3 is 0 Å². The molecular weight excluding hydrogens is 124 g/mol. The molecular formula is C8H18N2. The van der Waals surface area contributed by atoms with Crippen LogP contribution >= 0.6 is 0 Å². The van der Waals surface area contributed by atoms with Crippen molar-refractivity contribution in [3.8, 4) is 0 Å². The summed E-state index contributed by atoms with van der Waals surface area (Å²) < 4.78 is 0. The Hall–Kier alpha value is -0.0800. The fraction of sp³-hybridized carbons (Fsp3) is 1.00. The van der Waals surface area contributed by atoms with Gasteiger partial charge in [0.15, 0.2) is 0 Å². The second-order valence-electron chi connectivity index (χ2n) is 3.57. The molecule has 3 N–H and O–H groups in total. The molecule has 0 saturated heterocycles. The van der Waals surface area contributed by atoms with Crippen LogP contribution in [0, 0.1) is 11.8 Å². The first kappa shape index (κ1) is 8.02. The van der Waals surface area contributed by atoms with Gasteiger partial charge in [0.25, 0.3) is 0 Å². The second-order valence-corrected chi connectivity index (χ2v) is 3.57. The number of rotatable bonds is 4. The zero-order valence-corrected chi connectivity index (χ0v) is 6.93. The lowest BCUT2D eigenvalue weighted by Crippen LogP contribution is -2.28. The molecule has 2 heteroatoms. The smallest absolute Gasteiger partial charge is 0.00965 e. The molecule has 3 atom stereocenters. The molecule has 10 heavy (non-hydrogen) atoms. The van der Waals surface area contributed by atoms with Gasteiger partial charge in [-0.25, -0.2) is 0 Å². The zero-order chi connectivity index (χ0) is 7.56. The minimum absolute atomic E-state index is 0.632. The SMILES string of the molecule is CC(CN)CNC1CC1C. The van der Waals surface area contributed by atoms with E-state index in [4.69, 9.17) is 5.73 Å². The highest BCUT2D eigenvalue weighted by Gasteiger charge is 2.31. The van der Waals surface area contributed by atoms with Crippen LogP contribution in [0.25, 0.3) is 0 Å². The fourth-order valence-corrected chi connectivity index (χ4v) is 1.04. The van der Waals surface area contributed by atoms with Crippen molar-refractivity contribution >= 4 is 0 Å². The van der Waals surface area contributed by atoms with Gasteiger partial charge in [0.1, 0.15) is 0 Å². The summed E-state index contributed by atoms with van der Waals surface area (Å²) in [4.78, 5) is 0. The molecule has 0 aromatic carbocycles. The van der Waals surface area contributed by atoms with Crippen molar-refractivity contribution in [2.24, 2.45) is 17.6 Å². The summed E-state index contributed by atoms with van der Waals surface area (Å²) in [7, 11) is 0. The highest BCUT2D eigenvalue weighted by molar-refractivity contribution is 4.89. The third-order valence-corrected chi connectivity index (χ3v) is 2.24. The van der Waals surface area contributed by atoms with Crippen LogP contribution in [0.5, 0.6) is 0 Å². The maximum Gasteiger partial charge on any atom is 0.00965 e. The lowest BCUT2D eigenvalue weighted by Gasteiger charge is -2.08. The Balaban J connectivity index is 1.95. The lowest BCUT2D eigenvalue weighted by molar-refractivity contribution is 0.511. The molecule has 0 aromatic heterocycles. The van der Waals surface area contributed by atoms with E-state index in [1.54, 1.807) is 0 Å². The van der Waals surface area contributed by atoms with Gasteiger partial charge in [-0.15, -0.1) is 0 Å². The molecule has 0 aliphatic heterocycles. The first-order valence-electron chi connectivity index (χ1n) is 4.17. The Morgan fingerprint density at radius 3 is 2.70 bits per heavy atom. The lowest BCUT2D eigenvalue weighted by atomic mass is 10.2. The fourth-order valence-electron chi connectivity index (χ4n) is 1.04. The van der Waals surface area contributed by atoms with E-state index in [0.717, 1.165) is 25.0 Å². The molecule has 0 bridgehead atoms. The Morgan fingerprint density at radius 1 is 1.70 bits per heavy atom. The average Bonchev–Trinajstić information content (AvgIpc) is 2.61. The number of hydrogen-bond donors (Lipinski definition) is 2. The van der Waals surface area contributed by atoms with E-state index in [1.165, 1.54) is 6.42 Å². The summed E-state index contributed by atoms with van der Waals surface area (Å²) in [5, 5.41) is 3.48. The van der Waals surface area contributed by atoms with Gasteiger partial charge in [0.05, 0.1) is 0 Å². The molecule has 1 aliphatic carbocycles. The van der Waals surface area contributed by atoms with Crippen molar-refractivity contribution < 1.29 is 0 Å². The predicted octanol–water partition coefficient (Wildman–Crippen LogP) is 0.579. The van der Waals surface area contributed by atoms with Crippen LogP contribution in [-0.2, 0) is 0 Å². The summed E-state index contributed by atoms with van der Waals surface area (Å²) in [6.45, 7) is 6.35. The molecule has 1 saturated carbocycles. The van der Waals surface area contributed by atoms with Gasteiger partial charge in [-0.1, -0.05) is 13.8 Å². The minimum atomic E-state index is 0.632. The van der Waals surface area contributed by atoms with E-state index in [1.807, 2.05) is 0 Å². The zero-order valence-electron chi connectivity index (χ0n) is 6.93. The number of hydrogen-bond acceptors (Lipinski definition) is 2. The van der Waals surface area contributed by atoms with E-state index in [0.29, 0.717) is 5.92 Å². The third kappa shape index (κ3) is 2.27. The summed E-state index contributed by atoms with van der Waals surface area (Å²) in [6.07, 6.45) is 1.36. The van der Waals surface area contributed by atoms with Crippen molar-refractivity contribution in [1.82, 2.24) is 5.32 Å². The largest absolute Gasteiger partial charge is 0.330 e. The third-order valence-electron chi connectivity index (χ3n) is 2.24. The van der Waals surface area contributed by atoms with Crippen LogP contribution in [0.2, 0.25) is 0 Å². The summed E-state index contributed by atoms with van der Waals surface area (Å²) in [5.41, 5.74) is 5.47. The maximum atomic E-state index is 5.47. The van der Waals surface area contributed by atoms with Crippen LogP contribution in [0.15, 0.2) is 0 Å². The first-order valence-corrected chi connectivity index (χ1v) is 4.17.